The molecule has 0 bridgehead atoms. The molecular weight excluding hydrogens is 454 g/mol. The van der Waals surface area contributed by atoms with Gasteiger partial charge in [0.25, 0.3) is 0 Å². The molecule has 1 fully saturated rings. The molecule has 34 heavy (non-hydrogen) atoms. The molecule has 1 saturated heterocycles. The number of benzene rings is 2. The van der Waals surface area contributed by atoms with E-state index in [1.54, 1.807) is 42.3 Å². The van der Waals surface area contributed by atoms with E-state index in [2.05, 4.69) is 11.0 Å². The Morgan fingerprint density at radius 3 is 2.38 bits per heavy atom. The molecular formula is C25H29N3O5S. The van der Waals surface area contributed by atoms with Crippen molar-refractivity contribution in [2.24, 2.45) is 0 Å². The number of ether oxygens (including phenoxy) is 2. The summed E-state index contributed by atoms with van der Waals surface area (Å²) >= 11 is 0. The zero-order valence-electron chi connectivity index (χ0n) is 19.5. The van der Waals surface area contributed by atoms with Crippen LogP contribution in [0.3, 0.4) is 0 Å². The van der Waals surface area contributed by atoms with Gasteiger partial charge in [-0.15, -0.1) is 0 Å². The van der Waals surface area contributed by atoms with Gasteiger partial charge in [0, 0.05) is 32.1 Å². The molecule has 180 valence electrons. The van der Waals surface area contributed by atoms with Crippen molar-refractivity contribution in [3.05, 3.63) is 53.6 Å². The van der Waals surface area contributed by atoms with Gasteiger partial charge < -0.3 is 14.4 Å². The number of nitriles is 1. The minimum atomic E-state index is -3.23. The maximum atomic E-state index is 13.5. The van der Waals surface area contributed by atoms with E-state index in [1.165, 1.54) is 6.26 Å². The van der Waals surface area contributed by atoms with Gasteiger partial charge in [-0.25, -0.2) is 8.42 Å². The van der Waals surface area contributed by atoms with Crippen molar-refractivity contribution in [1.82, 2.24) is 4.90 Å². The number of fused-ring (bicyclic) bond motifs is 2. The normalized spacial score (nSPS) is 17.6. The number of anilines is 1. The molecule has 2 aliphatic heterocycles. The maximum absolute atomic E-state index is 13.5. The van der Waals surface area contributed by atoms with Crippen molar-refractivity contribution >= 4 is 21.4 Å². The average Bonchev–Trinajstić information content (AvgIpc) is 3.05. The van der Waals surface area contributed by atoms with E-state index in [9.17, 15) is 18.5 Å². The zero-order valence-corrected chi connectivity index (χ0v) is 20.3. The van der Waals surface area contributed by atoms with E-state index in [1.807, 2.05) is 12.1 Å². The number of methoxy groups -OCH3 is 1. The molecule has 8 nitrogen and oxygen atoms in total. The quantitative estimate of drug-likeness (QED) is 0.568. The van der Waals surface area contributed by atoms with Crippen LogP contribution in [0.5, 0.6) is 5.75 Å². The van der Waals surface area contributed by atoms with E-state index in [-0.39, 0.29) is 10.8 Å². The van der Waals surface area contributed by atoms with Gasteiger partial charge in [-0.1, -0.05) is 0 Å². The summed E-state index contributed by atoms with van der Waals surface area (Å²) in [5, 5.41) is 9.40. The Bertz CT molecular complexity index is 1200. The van der Waals surface area contributed by atoms with Crippen molar-refractivity contribution < 1.29 is 22.7 Å². The Balaban J connectivity index is 1.39. The summed E-state index contributed by atoms with van der Waals surface area (Å²) < 4.78 is 34.2. The number of hydrogen-bond donors (Lipinski definition) is 0. The van der Waals surface area contributed by atoms with Gasteiger partial charge in [0.1, 0.15) is 12.4 Å². The summed E-state index contributed by atoms with van der Waals surface area (Å²) in [6.45, 7) is 3.61. The first-order valence-corrected chi connectivity index (χ1v) is 13.2. The largest absolute Gasteiger partial charge is 0.492 e. The maximum Gasteiger partial charge on any atom is 0.237 e. The Morgan fingerprint density at radius 1 is 1.06 bits per heavy atom. The molecule has 0 unspecified atom stereocenters. The van der Waals surface area contributed by atoms with E-state index in [4.69, 9.17) is 9.47 Å². The molecule has 2 heterocycles. The third-order valence-electron chi connectivity index (χ3n) is 6.74. The van der Waals surface area contributed by atoms with Gasteiger partial charge in [0.2, 0.25) is 5.91 Å². The van der Waals surface area contributed by atoms with Crippen LogP contribution >= 0.6 is 0 Å². The molecule has 2 aliphatic rings. The van der Waals surface area contributed by atoms with Crippen molar-refractivity contribution in [3.8, 4) is 11.8 Å². The highest BCUT2D eigenvalue weighted by Gasteiger charge is 2.51. The SMILES string of the molecule is COCCN1C(=O)C2(CCN(CCOc3ccc(S(C)(=O)=O)cc3)CC2)c2cc(C#N)ccc21. The zero-order chi connectivity index (χ0) is 24.3. The molecule has 4 rings (SSSR count). The van der Waals surface area contributed by atoms with E-state index in [0.29, 0.717) is 50.5 Å². The van der Waals surface area contributed by atoms with Crippen molar-refractivity contribution in [2.45, 2.75) is 23.2 Å². The van der Waals surface area contributed by atoms with Gasteiger partial charge in [-0.05, 0) is 74.0 Å². The molecule has 1 spiro atoms. The predicted molar refractivity (Wildman–Crippen MR) is 128 cm³/mol. The van der Waals surface area contributed by atoms with Crippen molar-refractivity contribution in [3.63, 3.8) is 0 Å². The van der Waals surface area contributed by atoms with Gasteiger partial charge in [-0.2, -0.15) is 5.26 Å². The molecule has 0 atom stereocenters. The number of hydrogen-bond acceptors (Lipinski definition) is 7. The number of nitrogens with zero attached hydrogens (tertiary/aromatic N) is 3. The predicted octanol–water partition coefficient (Wildman–Crippen LogP) is 2.37. The molecule has 0 saturated carbocycles. The number of carbonyl (C=O) groups excluding carboxylic acids is 1. The number of piperidine rings is 1. The highest BCUT2D eigenvalue weighted by Crippen LogP contribution is 2.48. The second-order valence-electron chi connectivity index (χ2n) is 8.81. The van der Waals surface area contributed by atoms with Crippen LogP contribution in [0.15, 0.2) is 47.4 Å². The average molecular weight is 484 g/mol. The van der Waals surface area contributed by atoms with Gasteiger partial charge in [0.05, 0.1) is 28.6 Å². The molecule has 0 aromatic heterocycles. The number of rotatable bonds is 8. The first kappa shape index (κ1) is 24.2. The van der Waals surface area contributed by atoms with Gasteiger partial charge >= 0.3 is 0 Å². The second-order valence-corrected chi connectivity index (χ2v) is 10.8. The monoisotopic (exact) mass is 483 g/mol. The minimum Gasteiger partial charge on any atom is -0.492 e. The van der Waals surface area contributed by atoms with Gasteiger partial charge in [0.15, 0.2) is 9.84 Å². The summed E-state index contributed by atoms with van der Waals surface area (Å²) in [4.78, 5) is 17.9. The first-order chi connectivity index (χ1) is 16.3. The lowest BCUT2D eigenvalue weighted by Crippen LogP contribution is -2.49. The van der Waals surface area contributed by atoms with Crippen LogP contribution in [-0.4, -0.2) is 72.0 Å². The van der Waals surface area contributed by atoms with Crippen LogP contribution in [0, 0.1) is 11.3 Å². The summed E-state index contributed by atoms with van der Waals surface area (Å²) in [6.07, 6.45) is 2.54. The number of carbonyl (C=O) groups is 1. The topological polar surface area (TPSA) is 99.9 Å². The highest BCUT2D eigenvalue weighted by molar-refractivity contribution is 7.90. The van der Waals surface area contributed by atoms with Crippen LogP contribution in [0.2, 0.25) is 0 Å². The summed E-state index contributed by atoms with van der Waals surface area (Å²) in [7, 11) is -1.61. The fourth-order valence-corrected chi connectivity index (χ4v) is 5.46. The molecule has 0 N–H and O–H groups in total. The minimum absolute atomic E-state index is 0.0940. The molecule has 2 aromatic carbocycles. The third kappa shape index (κ3) is 4.67. The fourth-order valence-electron chi connectivity index (χ4n) is 4.83. The standard InChI is InChI=1S/C25H29N3O5S/c1-32-15-14-28-23-8-3-19(18-26)17-22(23)25(24(28)29)9-11-27(12-10-25)13-16-33-20-4-6-21(7-5-20)34(2,30)31/h3-8,17H,9-16H2,1-2H3. The Labute approximate surface area is 200 Å². The summed E-state index contributed by atoms with van der Waals surface area (Å²) in [5.74, 6) is 0.718. The van der Waals surface area contributed by atoms with Crippen LogP contribution in [0.1, 0.15) is 24.0 Å². The first-order valence-electron chi connectivity index (χ1n) is 11.3. The highest BCUT2D eigenvalue weighted by atomic mass is 32.2. The van der Waals surface area contributed by atoms with Crippen LogP contribution in [0.25, 0.3) is 0 Å². The Morgan fingerprint density at radius 2 is 1.76 bits per heavy atom. The van der Waals surface area contributed by atoms with E-state index in [0.717, 1.165) is 24.3 Å². The van der Waals surface area contributed by atoms with Crippen molar-refractivity contribution in [2.75, 3.05) is 57.7 Å². The van der Waals surface area contributed by atoms with E-state index < -0.39 is 15.3 Å². The summed E-state index contributed by atoms with van der Waals surface area (Å²) in [5.41, 5.74) is 1.80. The number of sulfone groups is 1. The molecule has 0 radical (unpaired) electrons. The molecule has 0 aliphatic carbocycles. The van der Waals surface area contributed by atoms with E-state index >= 15 is 0 Å². The number of likely N-dealkylation sites (tertiary alicyclic amines) is 1. The molecule has 9 heteroatoms. The van der Waals surface area contributed by atoms with Crippen LogP contribution in [0.4, 0.5) is 5.69 Å². The van der Waals surface area contributed by atoms with Gasteiger partial charge in [-0.3, -0.25) is 9.69 Å². The smallest absolute Gasteiger partial charge is 0.237 e. The van der Waals surface area contributed by atoms with Crippen LogP contribution in [-0.2, 0) is 24.8 Å². The van der Waals surface area contributed by atoms with Crippen LogP contribution < -0.4 is 9.64 Å². The lowest BCUT2D eigenvalue weighted by Gasteiger charge is -2.38. The molecule has 2 aromatic rings. The lowest BCUT2D eigenvalue weighted by molar-refractivity contribution is -0.125. The number of amides is 1. The summed E-state index contributed by atoms with van der Waals surface area (Å²) in [6, 6.07) is 14.1. The molecule has 1 amide bonds. The van der Waals surface area contributed by atoms with Crippen molar-refractivity contribution in [1.29, 1.82) is 5.26 Å². The fraction of sp³-hybridized carbons (Fsp3) is 0.440. The second kappa shape index (κ2) is 9.74. The Hall–Kier alpha value is -2.93. The Kier molecular flexibility index (Phi) is 6.94. The third-order valence-corrected chi connectivity index (χ3v) is 7.87. The lowest BCUT2D eigenvalue weighted by atomic mass is 9.73.